The normalized spacial score (nSPS) is 16.8. The number of hydrogen-bond donors (Lipinski definition) is 0. The van der Waals surface area contributed by atoms with Crippen LogP contribution in [0, 0.1) is 0 Å². The van der Waals surface area contributed by atoms with Crippen molar-refractivity contribution >= 4 is 21.9 Å². The summed E-state index contributed by atoms with van der Waals surface area (Å²) in [4.78, 5) is 10.8. The van der Waals surface area contributed by atoms with Gasteiger partial charge in [0.25, 0.3) is 0 Å². The Balaban J connectivity index is 1.07. The maximum absolute atomic E-state index is 5.44. The molecule has 1 heterocycles. The van der Waals surface area contributed by atoms with Crippen LogP contribution in [0.15, 0.2) is 188 Å². The summed E-state index contributed by atoms with van der Waals surface area (Å²) in [5.74, 6) is 0.718. The van der Waals surface area contributed by atoms with Crippen molar-refractivity contribution in [2.45, 2.75) is 44.4 Å². The van der Waals surface area contributed by atoms with Crippen LogP contribution in [-0.4, -0.2) is 9.97 Å². The molecule has 290 valence electrons. The quantitative estimate of drug-likeness (QED) is 0.174. The third kappa shape index (κ3) is 5.21. The Morgan fingerprint density at radius 3 is 1.80 bits per heavy atom. The molecule has 8 aromatic carbocycles. The summed E-state index contributed by atoms with van der Waals surface area (Å²) in [6, 6.07) is 68.9. The summed E-state index contributed by atoms with van der Waals surface area (Å²) in [7, 11) is 0. The van der Waals surface area contributed by atoms with Crippen LogP contribution in [-0.2, 0) is 17.3 Å². The monoisotopic (exact) mass is 780 g/mol. The first-order chi connectivity index (χ1) is 29.9. The van der Waals surface area contributed by atoms with Crippen LogP contribution in [0.1, 0.15) is 66.1 Å². The average Bonchev–Trinajstić information content (AvgIpc) is 3.73. The van der Waals surface area contributed by atoms with Gasteiger partial charge in [-0.2, -0.15) is 0 Å². The van der Waals surface area contributed by atoms with Crippen LogP contribution in [0.5, 0.6) is 0 Å². The second kappa shape index (κ2) is 13.4. The van der Waals surface area contributed by atoms with Crippen molar-refractivity contribution < 1.29 is 0 Å². The van der Waals surface area contributed by atoms with Crippen molar-refractivity contribution in [1.29, 1.82) is 0 Å². The number of fused-ring (bicyclic) bond motifs is 8. The Labute approximate surface area is 358 Å². The summed E-state index contributed by atoms with van der Waals surface area (Å²) in [5.41, 5.74) is 22.3. The second-order valence-electron chi connectivity index (χ2n) is 17.7. The Kier molecular flexibility index (Phi) is 7.87. The first-order valence-corrected chi connectivity index (χ1v) is 21.6. The summed E-state index contributed by atoms with van der Waals surface area (Å²) >= 11 is 0. The van der Waals surface area contributed by atoms with Crippen molar-refractivity contribution in [3.8, 4) is 56.2 Å². The van der Waals surface area contributed by atoms with Crippen molar-refractivity contribution in [3.05, 3.63) is 227 Å². The van der Waals surface area contributed by atoms with E-state index in [1.54, 1.807) is 0 Å². The van der Waals surface area contributed by atoms with Gasteiger partial charge in [-0.25, -0.2) is 9.97 Å². The molecule has 0 aliphatic heterocycles. The minimum Gasteiger partial charge on any atom is -0.228 e. The number of nitrogens with zero attached hydrogens (tertiary/aromatic N) is 2. The molecule has 0 amide bonds. The topological polar surface area (TPSA) is 25.8 Å². The Hall–Kier alpha value is -7.16. The fourth-order valence-corrected chi connectivity index (χ4v) is 11.3. The molecular weight excluding hydrogens is 737 g/mol. The molecule has 0 saturated carbocycles. The molecule has 0 bridgehead atoms. The van der Waals surface area contributed by atoms with Gasteiger partial charge in [-0.1, -0.05) is 196 Å². The molecule has 1 aromatic heterocycles. The fourth-order valence-electron chi connectivity index (χ4n) is 11.3. The van der Waals surface area contributed by atoms with Gasteiger partial charge in [-0.3, -0.25) is 0 Å². The minimum absolute atomic E-state index is 0.0896. The van der Waals surface area contributed by atoms with Gasteiger partial charge in [0.05, 0.1) is 11.4 Å². The number of hydrogen-bond acceptors (Lipinski definition) is 2. The van der Waals surface area contributed by atoms with Gasteiger partial charge in [-0.15, -0.1) is 0 Å². The van der Waals surface area contributed by atoms with Crippen molar-refractivity contribution in [2.75, 3.05) is 0 Å². The van der Waals surface area contributed by atoms with Crippen LogP contribution in [0.25, 0.3) is 78.1 Å². The van der Waals surface area contributed by atoms with Crippen LogP contribution in [0.3, 0.4) is 0 Å². The van der Waals surface area contributed by atoms with Crippen LogP contribution in [0.2, 0.25) is 0 Å². The molecule has 0 N–H and O–H groups in total. The zero-order valence-corrected chi connectivity index (χ0v) is 34.7. The number of aromatic nitrogens is 2. The first-order valence-electron chi connectivity index (χ1n) is 21.6. The Bertz CT molecular complexity index is 3280. The average molecular weight is 781 g/mol. The van der Waals surface area contributed by atoms with Crippen molar-refractivity contribution in [2.24, 2.45) is 0 Å². The third-order valence-corrected chi connectivity index (χ3v) is 14.1. The van der Waals surface area contributed by atoms with E-state index in [-0.39, 0.29) is 10.8 Å². The Morgan fingerprint density at radius 1 is 0.426 bits per heavy atom. The summed E-state index contributed by atoms with van der Waals surface area (Å²) in [5, 5.41) is 2.41. The van der Waals surface area contributed by atoms with E-state index in [1.807, 2.05) is 0 Å². The lowest BCUT2D eigenvalue weighted by molar-refractivity contribution is 0.701. The van der Waals surface area contributed by atoms with Crippen molar-refractivity contribution in [1.82, 2.24) is 9.97 Å². The van der Waals surface area contributed by atoms with Crippen molar-refractivity contribution in [3.63, 3.8) is 0 Å². The molecule has 9 aromatic rings. The molecule has 1 unspecified atom stereocenters. The molecule has 3 aliphatic carbocycles. The SMILES string of the molecule is CC1(C)C2=C(CCc3ccccc32)c2c(-c3ccc(-c4cc(-c5cccc6c5C(C)(c5ccccc5)c5ccccc5-6)nc(-c5ccccc5)n4)c4ccccc34)cccc21. The van der Waals surface area contributed by atoms with Gasteiger partial charge in [0.1, 0.15) is 0 Å². The van der Waals surface area contributed by atoms with E-state index in [9.17, 15) is 0 Å². The highest BCUT2D eigenvalue weighted by Gasteiger charge is 2.44. The number of rotatable bonds is 5. The highest BCUT2D eigenvalue weighted by atomic mass is 14.9. The van der Waals surface area contributed by atoms with Gasteiger partial charge < -0.3 is 0 Å². The Morgan fingerprint density at radius 2 is 1.00 bits per heavy atom. The molecule has 2 heteroatoms. The standard InChI is InChI=1S/C59H44N2/c1-58(2)51-31-17-27-46(54(51)49-33-32-37-18-10-11-23-40(37)55(49)58)43-34-35-45(42-25-13-12-24-41(42)43)52-36-53(61-57(60-52)38-19-6-4-7-20-38)48-29-16-28-47-44-26-14-15-30-50(44)59(3,56(47)48)39-21-8-5-9-22-39/h4-31,34-36H,32-33H2,1-3H3. The third-order valence-electron chi connectivity index (χ3n) is 14.1. The highest BCUT2D eigenvalue weighted by Crippen LogP contribution is 2.58. The minimum atomic E-state index is -0.379. The van der Waals surface area contributed by atoms with Crippen LogP contribution in [0.4, 0.5) is 0 Å². The van der Waals surface area contributed by atoms with E-state index in [4.69, 9.17) is 9.97 Å². The number of allylic oxidation sites excluding steroid dienone is 2. The molecule has 12 rings (SSSR count). The zero-order valence-electron chi connectivity index (χ0n) is 34.7. The zero-order chi connectivity index (χ0) is 40.9. The van der Waals surface area contributed by atoms with Gasteiger partial charge in [-0.05, 0) is 109 Å². The molecule has 3 aliphatic rings. The maximum atomic E-state index is 5.44. The predicted molar refractivity (Wildman–Crippen MR) is 253 cm³/mol. The summed E-state index contributed by atoms with van der Waals surface area (Å²) in [6.45, 7) is 7.22. The van der Waals surface area contributed by atoms with E-state index < -0.39 is 0 Å². The second-order valence-corrected chi connectivity index (χ2v) is 17.7. The van der Waals surface area contributed by atoms with Crippen LogP contribution >= 0.6 is 0 Å². The maximum Gasteiger partial charge on any atom is 0.160 e. The van der Waals surface area contributed by atoms with Gasteiger partial charge in [0.2, 0.25) is 0 Å². The predicted octanol–water partition coefficient (Wildman–Crippen LogP) is 14.8. The molecule has 0 fully saturated rings. The molecule has 1 atom stereocenters. The molecule has 0 spiro atoms. The van der Waals surface area contributed by atoms with E-state index in [1.165, 1.54) is 83.1 Å². The van der Waals surface area contributed by atoms with E-state index in [0.717, 1.165) is 46.7 Å². The summed E-state index contributed by atoms with van der Waals surface area (Å²) in [6.07, 6.45) is 2.12. The largest absolute Gasteiger partial charge is 0.228 e. The van der Waals surface area contributed by atoms with E-state index >= 15 is 0 Å². The molecular formula is C59H44N2. The first kappa shape index (κ1) is 35.8. The van der Waals surface area contributed by atoms with E-state index in [2.05, 4.69) is 209 Å². The molecule has 61 heavy (non-hydrogen) atoms. The molecule has 0 radical (unpaired) electrons. The van der Waals surface area contributed by atoms with Gasteiger partial charge >= 0.3 is 0 Å². The fraction of sp³-hybridized carbons (Fsp3) is 0.119. The highest BCUT2D eigenvalue weighted by molar-refractivity contribution is 6.11. The summed E-state index contributed by atoms with van der Waals surface area (Å²) < 4.78 is 0. The van der Waals surface area contributed by atoms with E-state index in [0.29, 0.717) is 0 Å². The van der Waals surface area contributed by atoms with Gasteiger partial charge in [0.15, 0.2) is 5.82 Å². The smallest absolute Gasteiger partial charge is 0.160 e. The lowest BCUT2D eigenvalue weighted by Gasteiger charge is -2.30. The van der Waals surface area contributed by atoms with Crippen LogP contribution < -0.4 is 0 Å². The number of aryl methyl sites for hydroxylation is 1. The molecule has 0 saturated heterocycles. The lowest BCUT2D eigenvalue weighted by Crippen LogP contribution is -2.23. The van der Waals surface area contributed by atoms with Gasteiger partial charge in [0, 0.05) is 27.5 Å². The number of benzene rings is 8. The lowest BCUT2D eigenvalue weighted by atomic mass is 9.72. The molecule has 2 nitrogen and oxygen atoms in total.